The Bertz CT molecular complexity index is 1200. The van der Waals surface area contributed by atoms with Crippen molar-refractivity contribution in [2.24, 2.45) is 5.10 Å². The van der Waals surface area contributed by atoms with Crippen LogP contribution in [0.15, 0.2) is 60.0 Å². The Hall–Kier alpha value is -4.12. The maximum absolute atomic E-state index is 12.1. The van der Waals surface area contributed by atoms with Gasteiger partial charge in [0.1, 0.15) is 17.9 Å². The largest absolute Gasteiger partial charge is 0.497 e. The highest BCUT2D eigenvalue weighted by Crippen LogP contribution is 2.24. The lowest BCUT2D eigenvalue weighted by Gasteiger charge is -2.11. The van der Waals surface area contributed by atoms with E-state index in [1.807, 2.05) is 24.3 Å². The van der Waals surface area contributed by atoms with E-state index in [9.17, 15) is 9.00 Å². The smallest absolute Gasteiger partial charge is 0.251 e. The standard InChI is InChI=1S/C23H25N7O3S/c1-33-19-5-3-4-18(12-19)29-21-20(13-24)22(27-15-26-21)30-28-14-16-6-8-17(9-7-16)23(31)25-10-11-34(2)32/h3-9,12-15,24H,10-11H2,1-2H3,(H,25,31)(H2,26,27,29,30)/b24-13?,28-14+. The zero-order chi connectivity index (χ0) is 24.3. The number of rotatable bonds is 11. The molecule has 3 aromatic rings. The normalized spacial score (nSPS) is 11.6. The summed E-state index contributed by atoms with van der Waals surface area (Å²) >= 11 is 0. The Labute approximate surface area is 199 Å². The van der Waals surface area contributed by atoms with Gasteiger partial charge in [-0.25, -0.2) is 9.97 Å². The van der Waals surface area contributed by atoms with Crippen molar-refractivity contribution in [1.82, 2.24) is 15.3 Å². The molecule has 1 unspecified atom stereocenters. The molecule has 11 heteroatoms. The van der Waals surface area contributed by atoms with E-state index < -0.39 is 10.8 Å². The van der Waals surface area contributed by atoms with Crippen LogP contribution in [0.2, 0.25) is 0 Å². The van der Waals surface area contributed by atoms with Gasteiger partial charge in [0, 0.05) is 52.9 Å². The van der Waals surface area contributed by atoms with Gasteiger partial charge in [0.05, 0.1) is 18.9 Å². The van der Waals surface area contributed by atoms with Crippen molar-refractivity contribution < 1.29 is 13.7 Å². The number of carbonyl (C=O) groups excluding carboxylic acids is 1. The second-order valence-corrected chi connectivity index (χ2v) is 8.57. The molecule has 3 rings (SSSR count). The summed E-state index contributed by atoms with van der Waals surface area (Å²) in [5.41, 5.74) is 5.28. The van der Waals surface area contributed by atoms with E-state index in [0.717, 1.165) is 17.5 Å². The van der Waals surface area contributed by atoms with Crippen molar-refractivity contribution in [2.75, 3.05) is 36.4 Å². The summed E-state index contributed by atoms with van der Waals surface area (Å²) in [5, 5.41) is 17.9. The molecule has 0 aliphatic rings. The molecule has 4 N–H and O–H groups in total. The maximum atomic E-state index is 12.1. The van der Waals surface area contributed by atoms with Crippen LogP contribution in [-0.4, -0.2) is 58.2 Å². The molecule has 1 amide bonds. The zero-order valence-corrected chi connectivity index (χ0v) is 19.6. The third kappa shape index (κ3) is 6.94. The van der Waals surface area contributed by atoms with Crippen LogP contribution >= 0.6 is 0 Å². The summed E-state index contributed by atoms with van der Waals surface area (Å²) in [6.07, 6.45) is 5.68. The molecule has 176 valence electrons. The first-order valence-corrected chi connectivity index (χ1v) is 12.0. The fourth-order valence-corrected chi connectivity index (χ4v) is 3.25. The topological polar surface area (TPSA) is 141 Å². The van der Waals surface area contributed by atoms with Crippen LogP contribution in [0.3, 0.4) is 0 Å². The van der Waals surface area contributed by atoms with Crippen LogP contribution in [0, 0.1) is 5.41 Å². The van der Waals surface area contributed by atoms with E-state index in [2.05, 4.69) is 31.1 Å². The van der Waals surface area contributed by atoms with Crippen LogP contribution in [0.25, 0.3) is 0 Å². The van der Waals surface area contributed by atoms with Crippen LogP contribution < -0.4 is 20.8 Å². The minimum absolute atomic E-state index is 0.222. The van der Waals surface area contributed by atoms with E-state index in [1.54, 1.807) is 43.8 Å². The van der Waals surface area contributed by atoms with E-state index in [-0.39, 0.29) is 5.91 Å². The molecule has 1 aromatic heterocycles. The second-order valence-electron chi connectivity index (χ2n) is 7.01. The molecule has 0 saturated heterocycles. The Kier molecular flexibility index (Phi) is 8.81. The number of hydrogen-bond donors (Lipinski definition) is 4. The third-order valence-electron chi connectivity index (χ3n) is 4.59. The Morgan fingerprint density at radius 2 is 1.94 bits per heavy atom. The Morgan fingerprint density at radius 3 is 2.65 bits per heavy atom. The highest BCUT2D eigenvalue weighted by atomic mass is 32.2. The first kappa shape index (κ1) is 24.5. The van der Waals surface area contributed by atoms with Crippen molar-refractivity contribution in [3.05, 3.63) is 71.5 Å². The zero-order valence-electron chi connectivity index (χ0n) is 18.7. The van der Waals surface area contributed by atoms with Crippen LogP contribution in [0.4, 0.5) is 17.3 Å². The summed E-state index contributed by atoms with van der Waals surface area (Å²) < 4.78 is 16.3. The molecule has 0 aliphatic carbocycles. The first-order chi connectivity index (χ1) is 16.5. The van der Waals surface area contributed by atoms with E-state index in [0.29, 0.717) is 40.8 Å². The maximum Gasteiger partial charge on any atom is 0.251 e. The van der Waals surface area contributed by atoms with Gasteiger partial charge < -0.3 is 20.8 Å². The number of anilines is 3. The van der Waals surface area contributed by atoms with Gasteiger partial charge >= 0.3 is 0 Å². The number of nitrogens with zero attached hydrogens (tertiary/aromatic N) is 3. The molecule has 1 heterocycles. The van der Waals surface area contributed by atoms with Crippen LogP contribution in [-0.2, 0) is 10.8 Å². The molecular weight excluding hydrogens is 454 g/mol. The Morgan fingerprint density at radius 1 is 1.18 bits per heavy atom. The average molecular weight is 480 g/mol. The number of aromatic nitrogens is 2. The number of carbonyl (C=O) groups is 1. The van der Waals surface area contributed by atoms with Crippen molar-refractivity contribution in [1.29, 1.82) is 5.41 Å². The number of hydrogen-bond acceptors (Lipinski definition) is 9. The fraction of sp³-hybridized carbons (Fsp3) is 0.174. The number of hydrazone groups is 1. The molecule has 1 atom stereocenters. The molecule has 0 aliphatic heterocycles. The number of benzene rings is 2. The fourth-order valence-electron chi connectivity index (χ4n) is 2.86. The Balaban J connectivity index is 1.65. The minimum atomic E-state index is -0.949. The lowest BCUT2D eigenvalue weighted by Crippen LogP contribution is -2.27. The summed E-state index contributed by atoms with van der Waals surface area (Å²) in [4.78, 5) is 20.5. The first-order valence-electron chi connectivity index (χ1n) is 10.2. The third-order valence-corrected chi connectivity index (χ3v) is 5.37. The van der Waals surface area contributed by atoms with Gasteiger partial charge in [0.15, 0.2) is 5.82 Å². The summed E-state index contributed by atoms with van der Waals surface area (Å²) in [7, 11) is 0.641. The highest BCUT2D eigenvalue weighted by Gasteiger charge is 2.10. The SMILES string of the molecule is COc1cccc(Nc2ncnc(N/N=C/c3ccc(C(=O)NCCS(C)=O)cc3)c2C=N)c1. The highest BCUT2D eigenvalue weighted by molar-refractivity contribution is 7.84. The molecule has 0 radical (unpaired) electrons. The van der Waals surface area contributed by atoms with Gasteiger partial charge in [0.2, 0.25) is 0 Å². The number of ether oxygens (including phenoxy) is 1. The second kappa shape index (κ2) is 12.2. The predicted molar refractivity (Wildman–Crippen MR) is 135 cm³/mol. The molecular formula is C23H25N7O3S. The molecule has 0 saturated carbocycles. The van der Waals surface area contributed by atoms with Gasteiger partial charge in [-0.1, -0.05) is 18.2 Å². The molecule has 10 nitrogen and oxygen atoms in total. The van der Waals surface area contributed by atoms with Gasteiger partial charge in [-0.2, -0.15) is 5.10 Å². The van der Waals surface area contributed by atoms with Gasteiger partial charge in [-0.3, -0.25) is 14.4 Å². The monoisotopic (exact) mass is 479 g/mol. The van der Waals surface area contributed by atoms with Crippen LogP contribution in [0.1, 0.15) is 21.5 Å². The molecule has 34 heavy (non-hydrogen) atoms. The molecule has 0 spiro atoms. The number of methoxy groups -OCH3 is 1. The lowest BCUT2D eigenvalue weighted by atomic mass is 10.1. The van der Waals surface area contributed by atoms with Gasteiger partial charge in [-0.15, -0.1) is 0 Å². The van der Waals surface area contributed by atoms with Gasteiger partial charge in [0.25, 0.3) is 5.91 Å². The quantitative estimate of drug-likeness (QED) is 0.245. The molecule has 0 fully saturated rings. The van der Waals surface area contributed by atoms with Crippen molar-refractivity contribution >= 4 is 46.5 Å². The van der Waals surface area contributed by atoms with Crippen molar-refractivity contribution in [2.45, 2.75) is 0 Å². The van der Waals surface area contributed by atoms with Crippen molar-refractivity contribution in [3.8, 4) is 5.75 Å². The minimum Gasteiger partial charge on any atom is -0.497 e. The van der Waals surface area contributed by atoms with E-state index in [1.165, 1.54) is 6.33 Å². The number of nitrogens with one attached hydrogen (secondary N) is 4. The summed E-state index contributed by atoms with van der Waals surface area (Å²) in [5.74, 6) is 1.69. The van der Waals surface area contributed by atoms with Gasteiger partial charge in [-0.05, 0) is 29.8 Å². The van der Waals surface area contributed by atoms with Crippen molar-refractivity contribution in [3.63, 3.8) is 0 Å². The number of amides is 1. The molecule has 0 bridgehead atoms. The predicted octanol–water partition coefficient (Wildman–Crippen LogP) is 2.78. The average Bonchev–Trinajstić information content (AvgIpc) is 2.84. The van der Waals surface area contributed by atoms with Crippen LogP contribution in [0.5, 0.6) is 5.75 Å². The van der Waals surface area contributed by atoms with E-state index in [4.69, 9.17) is 10.1 Å². The van der Waals surface area contributed by atoms with E-state index >= 15 is 0 Å². The molecule has 2 aromatic carbocycles. The lowest BCUT2D eigenvalue weighted by molar-refractivity contribution is 0.0956. The summed E-state index contributed by atoms with van der Waals surface area (Å²) in [6.45, 7) is 0.359. The summed E-state index contributed by atoms with van der Waals surface area (Å²) in [6, 6.07) is 14.2.